The Morgan fingerprint density at radius 2 is 1.94 bits per heavy atom. The van der Waals surface area contributed by atoms with E-state index in [1.54, 1.807) is 19.2 Å². The fourth-order valence-corrected chi connectivity index (χ4v) is 5.19. The van der Waals surface area contributed by atoms with Gasteiger partial charge in [0, 0.05) is 42.3 Å². The van der Waals surface area contributed by atoms with E-state index in [9.17, 15) is 13.2 Å². The molecule has 2 N–H and O–H groups in total. The van der Waals surface area contributed by atoms with E-state index in [2.05, 4.69) is 28.5 Å². The minimum Gasteiger partial charge on any atom is -0.497 e. The number of nitrogens with zero attached hydrogens (tertiary/aromatic N) is 1. The first kappa shape index (κ1) is 22.1. The third-order valence-electron chi connectivity index (χ3n) is 5.97. The van der Waals surface area contributed by atoms with Gasteiger partial charge in [-0.25, -0.2) is 13.1 Å². The normalized spacial score (nSPS) is 15.1. The molecule has 2 aromatic carbocycles. The number of hydrogen-bond donors (Lipinski definition) is 2. The molecule has 1 aromatic heterocycles. The number of likely N-dealkylation sites (tertiary alicyclic amines) is 1. The van der Waals surface area contributed by atoms with Crippen LogP contribution in [-0.2, 0) is 10.0 Å². The monoisotopic (exact) mass is 453 g/mol. The molecule has 168 valence electrons. The molecule has 32 heavy (non-hydrogen) atoms. The fourth-order valence-electron chi connectivity index (χ4n) is 4.19. The summed E-state index contributed by atoms with van der Waals surface area (Å²) >= 11 is 0. The Balaban J connectivity index is 1.42. The van der Waals surface area contributed by atoms with Crippen molar-refractivity contribution in [1.82, 2.24) is 14.6 Å². The Morgan fingerprint density at radius 3 is 2.59 bits per heavy atom. The summed E-state index contributed by atoms with van der Waals surface area (Å²) < 4.78 is 32.2. The summed E-state index contributed by atoms with van der Waals surface area (Å²) in [7, 11) is -1.94. The second kappa shape index (κ2) is 9.18. The summed E-state index contributed by atoms with van der Waals surface area (Å²) in [6, 6.07) is 12.1. The van der Waals surface area contributed by atoms with Gasteiger partial charge in [-0.2, -0.15) is 0 Å². The van der Waals surface area contributed by atoms with E-state index in [0.717, 1.165) is 29.5 Å². The van der Waals surface area contributed by atoms with Crippen molar-refractivity contribution in [3.8, 4) is 5.75 Å². The smallest absolute Gasteiger partial charge is 0.253 e. The van der Waals surface area contributed by atoms with Gasteiger partial charge < -0.3 is 14.6 Å². The van der Waals surface area contributed by atoms with Gasteiger partial charge >= 0.3 is 0 Å². The highest BCUT2D eigenvalue weighted by atomic mass is 32.2. The van der Waals surface area contributed by atoms with Crippen LogP contribution in [0.3, 0.4) is 0 Å². The molecule has 1 aliphatic heterocycles. The summed E-state index contributed by atoms with van der Waals surface area (Å²) in [6.07, 6.45) is 5.28. The number of aromatic amines is 1. The second-order valence-electron chi connectivity index (χ2n) is 7.89. The highest BCUT2D eigenvalue weighted by Crippen LogP contribution is 2.35. The lowest BCUT2D eigenvalue weighted by Gasteiger charge is -2.32. The van der Waals surface area contributed by atoms with Crippen LogP contribution in [0.15, 0.2) is 66.2 Å². The Hall–Kier alpha value is -3.10. The number of H-pyrrole nitrogens is 1. The molecule has 0 bridgehead atoms. The Kier molecular flexibility index (Phi) is 6.34. The first-order valence-corrected chi connectivity index (χ1v) is 12.1. The van der Waals surface area contributed by atoms with Gasteiger partial charge in [-0.3, -0.25) is 4.79 Å². The van der Waals surface area contributed by atoms with Crippen LogP contribution in [0.25, 0.3) is 10.9 Å². The molecule has 0 aliphatic carbocycles. The maximum Gasteiger partial charge on any atom is 0.253 e. The van der Waals surface area contributed by atoms with Crippen molar-refractivity contribution >= 4 is 26.8 Å². The predicted octanol–water partition coefficient (Wildman–Crippen LogP) is 3.66. The van der Waals surface area contributed by atoms with Gasteiger partial charge in [0.2, 0.25) is 10.0 Å². The van der Waals surface area contributed by atoms with E-state index in [1.807, 2.05) is 17.0 Å². The third-order valence-corrected chi connectivity index (χ3v) is 7.41. The molecule has 2 heterocycles. The average Bonchev–Trinajstić information content (AvgIpc) is 3.25. The van der Waals surface area contributed by atoms with Gasteiger partial charge in [0.25, 0.3) is 5.91 Å². The Bertz CT molecular complexity index is 1220. The highest BCUT2D eigenvalue weighted by molar-refractivity contribution is 7.89. The SMILES string of the molecule is C=CCNS(=O)(=O)c1ccc(C(=O)N2CCC(c3c[nH]c4ccc(OC)cc34)CC2)cc1. The number of carbonyl (C=O) groups is 1. The molecule has 0 atom stereocenters. The van der Waals surface area contributed by atoms with E-state index in [1.165, 1.54) is 23.8 Å². The number of aromatic nitrogens is 1. The maximum absolute atomic E-state index is 12.9. The Morgan fingerprint density at radius 1 is 1.22 bits per heavy atom. The number of rotatable bonds is 7. The van der Waals surface area contributed by atoms with E-state index in [-0.39, 0.29) is 17.3 Å². The number of methoxy groups -OCH3 is 1. The molecular weight excluding hydrogens is 426 g/mol. The summed E-state index contributed by atoms with van der Waals surface area (Å²) in [4.78, 5) is 18.2. The topological polar surface area (TPSA) is 91.5 Å². The highest BCUT2D eigenvalue weighted by Gasteiger charge is 2.26. The molecule has 0 radical (unpaired) electrons. The van der Waals surface area contributed by atoms with E-state index in [0.29, 0.717) is 24.6 Å². The molecule has 1 amide bonds. The van der Waals surface area contributed by atoms with Crippen molar-refractivity contribution in [2.45, 2.75) is 23.7 Å². The van der Waals surface area contributed by atoms with Gasteiger partial charge in [-0.15, -0.1) is 6.58 Å². The number of piperidine rings is 1. The zero-order valence-electron chi connectivity index (χ0n) is 18.0. The molecule has 0 saturated carbocycles. The van der Waals surface area contributed by atoms with Crippen LogP contribution >= 0.6 is 0 Å². The van der Waals surface area contributed by atoms with E-state index < -0.39 is 10.0 Å². The lowest BCUT2D eigenvalue weighted by Crippen LogP contribution is -2.37. The standard InChI is InChI=1S/C24H27N3O4S/c1-3-12-26-32(29,30)20-7-4-18(5-8-20)24(28)27-13-10-17(11-14-27)22-16-25-23-9-6-19(31-2)15-21(22)23/h3-9,15-17,25-26H,1,10-14H2,2H3. The maximum atomic E-state index is 12.9. The van der Waals surface area contributed by atoms with Crippen molar-refractivity contribution in [2.24, 2.45) is 0 Å². The van der Waals surface area contributed by atoms with Crippen LogP contribution in [0.4, 0.5) is 0 Å². The Labute approximate surface area is 188 Å². The number of hydrogen-bond acceptors (Lipinski definition) is 4. The molecule has 3 aromatic rings. The van der Waals surface area contributed by atoms with E-state index >= 15 is 0 Å². The zero-order valence-corrected chi connectivity index (χ0v) is 18.8. The molecule has 4 rings (SSSR count). The molecule has 8 heteroatoms. The van der Waals surface area contributed by atoms with E-state index in [4.69, 9.17) is 4.74 Å². The first-order chi connectivity index (χ1) is 15.4. The number of sulfonamides is 1. The summed E-state index contributed by atoms with van der Waals surface area (Å²) in [5.74, 6) is 1.12. The van der Waals surface area contributed by atoms with Crippen LogP contribution in [0.5, 0.6) is 5.75 Å². The zero-order chi connectivity index (χ0) is 22.7. The molecule has 0 unspecified atom stereocenters. The molecule has 7 nitrogen and oxygen atoms in total. The van der Waals surface area contributed by atoms with Gasteiger partial charge in [0.15, 0.2) is 0 Å². The first-order valence-electron chi connectivity index (χ1n) is 10.6. The average molecular weight is 454 g/mol. The number of benzene rings is 2. The number of amides is 1. The number of ether oxygens (including phenoxy) is 1. The molecule has 1 aliphatic rings. The molecule has 1 saturated heterocycles. The van der Waals surface area contributed by atoms with Crippen LogP contribution < -0.4 is 9.46 Å². The minimum atomic E-state index is -3.60. The summed E-state index contributed by atoms with van der Waals surface area (Å²) in [6.45, 7) is 4.97. The second-order valence-corrected chi connectivity index (χ2v) is 9.65. The van der Waals surface area contributed by atoms with Crippen molar-refractivity contribution < 1.29 is 17.9 Å². The van der Waals surface area contributed by atoms with Gasteiger partial charge in [0.05, 0.1) is 12.0 Å². The van der Waals surface area contributed by atoms with Crippen LogP contribution in [-0.4, -0.2) is 51.0 Å². The van der Waals surface area contributed by atoms with Crippen LogP contribution in [0, 0.1) is 0 Å². The third kappa shape index (κ3) is 4.42. The lowest BCUT2D eigenvalue weighted by molar-refractivity contribution is 0.0713. The van der Waals surface area contributed by atoms with Crippen molar-refractivity contribution in [1.29, 1.82) is 0 Å². The number of carbonyl (C=O) groups excluding carboxylic acids is 1. The van der Waals surface area contributed by atoms with Crippen molar-refractivity contribution in [3.63, 3.8) is 0 Å². The summed E-state index contributed by atoms with van der Waals surface area (Å²) in [5, 5.41) is 1.16. The van der Waals surface area contributed by atoms with Crippen LogP contribution in [0.1, 0.15) is 34.7 Å². The molecule has 0 spiro atoms. The van der Waals surface area contributed by atoms with Crippen LogP contribution in [0.2, 0.25) is 0 Å². The largest absolute Gasteiger partial charge is 0.497 e. The molecule has 1 fully saturated rings. The fraction of sp³-hybridized carbons (Fsp3) is 0.292. The number of fused-ring (bicyclic) bond motifs is 1. The van der Waals surface area contributed by atoms with Crippen molar-refractivity contribution in [3.05, 3.63) is 72.4 Å². The number of nitrogens with one attached hydrogen (secondary N) is 2. The summed E-state index contributed by atoms with van der Waals surface area (Å²) in [5.41, 5.74) is 2.83. The van der Waals surface area contributed by atoms with Gasteiger partial charge in [-0.1, -0.05) is 6.08 Å². The minimum absolute atomic E-state index is 0.0768. The van der Waals surface area contributed by atoms with Gasteiger partial charge in [0.1, 0.15) is 5.75 Å². The quantitative estimate of drug-likeness (QED) is 0.534. The van der Waals surface area contributed by atoms with Crippen molar-refractivity contribution in [2.75, 3.05) is 26.7 Å². The molecular formula is C24H27N3O4S. The lowest BCUT2D eigenvalue weighted by atomic mass is 9.89. The van der Waals surface area contributed by atoms with Gasteiger partial charge in [-0.05, 0) is 66.8 Å². The predicted molar refractivity (Wildman–Crippen MR) is 125 cm³/mol.